The summed E-state index contributed by atoms with van der Waals surface area (Å²) in [5.74, 6) is 0.415. The summed E-state index contributed by atoms with van der Waals surface area (Å²) < 4.78 is 25.1. The first-order valence-corrected chi connectivity index (χ1v) is 8.12. The highest BCUT2D eigenvalue weighted by Crippen LogP contribution is 2.17. The second-order valence-electron chi connectivity index (χ2n) is 5.06. The molecule has 2 heterocycles. The Bertz CT molecular complexity index is 610. The maximum Gasteiger partial charge on any atom is 0.304 e. The van der Waals surface area contributed by atoms with Crippen LogP contribution in [0.1, 0.15) is 18.1 Å². The summed E-state index contributed by atoms with van der Waals surface area (Å²) in [5, 5.41) is 16.9. The largest absolute Gasteiger partial charge is 0.481 e. The van der Waals surface area contributed by atoms with Gasteiger partial charge in [0.1, 0.15) is 11.6 Å². The number of hydrogen-bond acceptors (Lipinski definition) is 6. The predicted octanol–water partition coefficient (Wildman–Crippen LogP) is -0.803. The highest BCUT2D eigenvalue weighted by molar-refractivity contribution is 7.91. The maximum absolute atomic E-state index is 11.7. The Labute approximate surface area is 117 Å². The predicted molar refractivity (Wildman–Crippen MR) is 70.8 cm³/mol. The Balaban J connectivity index is 2.16. The van der Waals surface area contributed by atoms with Gasteiger partial charge in [0.25, 0.3) is 0 Å². The standard InChI is InChI=1S/C11H18N4O4S/c1-8-12-13-10(14(8)2)6-15-3-4-20(18,19)7-9(15)5-11(16)17/h9H,3-7H2,1-2H3,(H,16,17). The molecule has 0 aromatic carbocycles. The van der Waals surface area contributed by atoms with Crippen LogP contribution in [0.2, 0.25) is 0 Å². The Hall–Kier alpha value is -1.48. The molecule has 1 aromatic heterocycles. The van der Waals surface area contributed by atoms with Crippen molar-refractivity contribution in [2.75, 3.05) is 18.1 Å². The van der Waals surface area contributed by atoms with Gasteiger partial charge in [-0.25, -0.2) is 8.42 Å². The van der Waals surface area contributed by atoms with Crippen molar-refractivity contribution in [2.45, 2.75) is 25.9 Å². The van der Waals surface area contributed by atoms with E-state index in [1.165, 1.54) is 0 Å². The lowest BCUT2D eigenvalue weighted by Crippen LogP contribution is -2.49. The van der Waals surface area contributed by atoms with Gasteiger partial charge in [0, 0.05) is 19.6 Å². The van der Waals surface area contributed by atoms with Crippen LogP contribution in [0, 0.1) is 6.92 Å². The van der Waals surface area contributed by atoms with E-state index < -0.39 is 21.8 Å². The number of rotatable bonds is 4. The van der Waals surface area contributed by atoms with Crippen molar-refractivity contribution in [3.63, 3.8) is 0 Å². The van der Waals surface area contributed by atoms with Crippen LogP contribution < -0.4 is 0 Å². The third-order valence-corrected chi connectivity index (χ3v) is 5.29. The van der Waals surface area contributed by atoms with E-state index in [-0.39, 0.29) is 17.9 Å². The van der Waals surface area contributed by atoms with Crippen LogP contribution in [0.25, 0.3) is 0 Å². The van der Waals surface area contributed by atoms with Crippen LogP contribution in [0.4, 0.5) is 0 Å². The SMILES string of the molecule is Cc1nnc(CN2CCS(=O)(=O)CC2CC(=O)O)n1C. The summed E-state index contributed by atoms with van der Waals surface area (Å²) in [6.07, 6.45) is -0.184. The van der Waals surface area contributed by atoms with Crippen LogP contribution in [-0.2, 0) is 28.2 Å². The van der Waals surface area contributed by atoms with Crippen LogP contribution >= 0.6 is 0 Å². The number of carboxylic acids is 1. The lowest BCUT2D eigenvalue weighted by atomic mass is 10.2. The summed E-state index contributed by atoms with van der Waals surface area (Å²) >= 11 is 0. The van der Waals surface area contributed by atoms with E-state index in [1.807, 2.05) is 23.4 Å². The number of aryl methyl sites for hydroxylation is 1. The monoisotopic (exact) mass is 302 g/mol. The Kier molecular flexibility index (Phi) is 4.09. The summed E-state index contributed by atoms with van der Waals surface area (Å²) in [6, 6.07) is -0.511. The molecule has 0 amide bonds. The molecule has 2 rings (SSSR count). The van der Waals surface area contributed by atoms with Gasteiger partial charge < -0.3 is 9.67 Å². The second-order valence-corrected chi connectivity index (χ2v) is 7.29. The molecule has 9 heteroatoms. The minimum absolute atomic E-state index is 0.0555. The lowest BCUT2D eigenvalue weighted by Gasteiger charge is -2.34. The lowest BCUT2D eigenvalue weighted by molar-refractivity contribution is -0.138. The number of nitrogens with zero attached hydrogens (tertiary/aromatic N) is 4. The molecule has 1 aliphatic rings. The molecule has 1 N–H and O–H groups in total. The minimum Gasteiger partial charge on any atom is -0.481 e. The molecular weight excluding hydrogens is 284 g/mol. The van der Waals surface area contributed by atoms with Crippen molar-refractivity contribution in [3.8, 4) is 0 Å². The number of aromatic nitrogens is 3. The minimum atomic E-state index is -3.16. The molecule has 0 saturated carbocycles. The third kappa shape index (κ3) is 3.34. The topological polar surface area (TPSA) is 105 Å². The number of carbonyl (C=O) groups is 1. The van der Waals surface area contributed by atoms with Gasteiger partial charge in [-0.05, 0) is 6.92 Å². The highest BCUT2D eigenvalue weighted by atomic mass is 32.2. The smallest absolute Gasteiger partial charge is 0.304 e. The van der Waals surface area contributed by atoms with Gasteiger partial charge in [-0.1, -0.05) is 0 Å². The third-order valence-electron chi connectivity index (χ3n) is 3.59. The van der Waals surface area contributed by atoms with Gasteiger partial charge in [0.2, 0.25) is 0 Å². The van der Waals surface area contributed by atoms with E-state index in [9.17, 15) is 13.2 Å². The molecule has 1 unspecified atom stereocenters. The van der Waals surface area contributed by atoms with Crippen LogP contribution in [0.3, 0.4) is 0 Å². The zero-order chi connectivity index (χ0) is 14.9. The molecule has 8 nitrogen and oxygen atoms in total. The fraction of sp³-hybridized carbons (Fsp3) is 0.727. The summed E-state index contributed by atoms with van der Waals surface area (Å²) in [7, 11) is -1.32. The number of sulfone groups is 1. The van der Waals surface area contributed by atoms with Gasteiger partial charge in [-0.2, -0.15) is 0 Å². The zero-order valence-corrected chi connectivity index (χ0v) is 12.3. The summed E-state index contributed by atoms with van der Waals surface area (Å²) in [5.41, 5.74) is 0. The quantitative estimate of drug-likeness (QED) is 0.776. The molecule has 1 saturated heterocycles. The van der Waals surface area contributed by atoms with Crippen molar-refractivity contribution >= 4 is 15.8 Å². The molecule has 112 valence electrons. The normalized spacial score (nSPS) is 22.8. The van der Waals surface area contributed by atoms with E-state index in [2.05, 4.69) is 10.2 Å². The second kappa shape index (κ2) is 5.49. The van der Waals surface area contributed by atoms with Gasteiger partial charge in [-0.3, -0.25) is 9.69 Å². The Morgan fingerprint density at radius 2 is 2.15 bits per heavy atom. The summed E-state index contributed by atoms with van der Waals surface area (Å²) in [6.45, 7) is 2.56. The first-order valence-electron chi connectivity index (χ1n) is 6.29. The van der Waals surface area contributed by atoms with Crippen molar-refractivity contribution in [1.82, 2.24) is 19.7 Å². The fourth-order valence-electron chi connectivity index (χ4n) is 2.29. The van der Waals surface area contributed by atoms with Crippen molar-refractivity contribution in [1.29, 1.82) is 0 Å². The fourth-order valence-corrected chi connectivity index (χ4v) is 3.88. The molecular formula is C11H18N4O4S. The molecule has 20 heavy (non-hydrogen) atoms. The number of hydrogen-bond donors (Lipinski definition) is 1. The molecule has 1 aromatic rings. The molecule has 1 atom stereocenters. The van der Waals surface area contributed by atoms with Gasteiger partial charge in [0.05, 0.1) is 24.5 Å². The van der Waals surface area contributed by atoms with E-state index in [0.717, 1.165) is 5.82 Å². The number of carboxylic acid groups (broad SMARTS) is 1. The van der Waals surface area contributed by atoms with E-state index in [0.29, 0.717) is 18.9 Å². The van der Waals surface area contributed by atoms with Crippen molar-refractivity contribution < 1.29 is 18.3 Å². The molecule has 1 aliphatic heterocycles. The number of aliphatic carboxylic acids is 1. The van der Waals surface area contributed by atoms with E-state index in [4.69, 9.17) is 5.11 Å². The van der Waals surface area contributed by atoms with Crippen molar-refractivity contribution in [3.05, 3.63) is 11.6 Å². The Morgan fingerprint density at radius 3 is 2.70 bits per heavy atom. The molecule has 0 spiro atoms. The van der Waals surface area contributed by atoms with E-state index in [1.54, 1.807) is 0 Å². The molecule has 0 radical (unpaired) electrons. The van der Waals surface area contributed by atoms with E-state index >= 15 is 0 Å². The summed E-state index contributed by atoms with van der Waals surface area (Å²) in [4.78, 5) is 12.8. The molecule has 0 bridgehead atoms. The van der Waals surface area contributed by atoms with Crippen LogP contribution in [0.15, 0.2) is 0 Å². The van der Waals surface area contributed by atoms with Crippen molar-refractivity contribution in [2.24, 2.45) is 7.05 Å². The average molecular weight is 302 g/mol. The zero-order valence-electron chi connectivity index (χ0n) is 11.5. The van der Waals surface area contributed by atoms with Crippen LogP contribution in [-0.4, -0.2) is 63.3 Å². The van der Waals surface area contributed by atoms with Crippen LogP contribution in [0.5, 0.6) is 0 Å². The molecule has 0 aliphatic carbocycles. The first kappa shape index (κ1) is 14.9. The van der Waals surface area contributed by atoms with Gasteiger partial charge in [-0.15, -0.1) is 10.2 Å². The average Bonchev–Trinajstić information content (AvgIpc) is 2.63. The van der Waals surface area contributed by atoms with Gasteiger partial charge >= 0.3 is 5.97 Å². The van der Waals surface area contributed by atoms with Gasteiger partial charge in [0.15, 0.2) is 9.84 Å². The Morgan fingerprint density at radius 1 is 1.45 bits per heavy atom. The molecule has 1 fully saturated rings. The maximum atomic E-state index is 11.7. The first-order chi connectivity index (χ1) is 9.28. The highest BCUT2D eigenvalue weighted by Gasteiger charge is 2.33.